The molecule has 16 amide bonds. The zero-order valence-corrected chi connectivity index (χ0v) is 106. The first-order chi connectivity index (χ1) is 72.5. The maximum Gasteiger partial charge on any atom is 0.237 e. The molecule has 24 nitrogen and oxygen atoms in total. The van der Waals surface area contributed by atoms with Crippen LogP contribution in [-0.2, 0) is 76.7 Å². The fourth-order valence-corrected chi connectivity index (χ4v) is 39.4. The van der Waals surface area contributed by atoms with Crippen molar-refractivity contribution in [2.75, 3.05) is 282 Å². The van der Waals surface area contributed by atoms with Crippen LogP contribution >= 0.6 is 289 Å². The molecular weight excluding hydrogens is 2350 g/mol. The minimum atomic E-state index is -0.641. The number of benzene rings is 1. The maximum absolute atomic E-state index is 13.6. The third kappa shape index (κ3) is 38.7. The van der Waals surface area contributed by atoms with Crippen LogP contribution in [0, 0.1) is 82.9 Å². The Balaban J connectivity index is 0.000000204. The van der Waals surface area contributed by atoms with E-state index < -0.39 is 76.9 Å². The predicted octanol–water partition coefficient (Wildman–Crippen LogP) is 15.5. The van der Waals surface area contributed by atoms with Crippen LogP contribution in [-0.4, -0.2) is 416 Å². The molecule has 8 heterocycles. The van der Waals surface area contributed by atoms with Crippen LogP contribution in [0.1, 0.15) is 119 Å². The number of thiol groups is 8. The Kier molecular flexibility index (Phi) is 65.1. The number of imide groups is 8. The third-order valence-corrected chi connectivity index (χ3v) is 51.2. The first-order valence-electron chi connectivity index (χ1n) is 52.5. The van der Waals surface area contributed by atoms with Gasteiger partial charge in [-0.2, -0.15) is 289 Å². The molecule has 0 spiro atoms. The van der Waals surface area contributed by atoms with Gasteiger partial charge in [0.1, 0.15) is 0 Å². The Hall–Kier alpha value is 0.740. The molecule has 48 heteroatoms. The highest BCUT2D eigenvalue weighted by atomic mass is 32.2. The van der Waals surface area contributed by atoms with E-state index in [-0.39, 0.29) is 125 Å². The van der Waals surface area contributed by atoms with Crippen LogP contribution in [0.25, 0.3) is 0 Å². The van der Waals surface area contributed by atoms with Gasteiger partial charge in [0.2, 0.25) is 94.5 Å². The minimum absolute atomic E-state index is 0.109. The average molecular weight is 2510 g/mol. The fraction of sp³-hybridized carbons (Fsp3) is 0.782. The number of carbonyl (C=O) groups is 16. The molecule has 16 atom stereocenters. The van der Waals surface area contributed by atoms with Gasteiger partial charge in [-0.25, -0.2) is 0 Å². The molecule has 4 aliphatic carbocycles. The summed E-state index contributed by atoms with van der Waals surface area (Å²) in [5.41, 5.74) is 1.82. The van der Waals surface area contributed by atoms with Gasteiger partial charge in [0.25, 0.3) is 0 Å². The highest BCUT2D eigenvalue weighted by molar-refractivity contribution is 8.06. The van der Waals surface area contributed by atoms with Gasteiger partial charge in [0.05, 0.1) is 76.9 Å². The summed E-state index contributed by atoms with van der Waals surface area (Å²) in [5, 5.41) is 0. The van der Waals surface area contributed by atoms with Gasteiger partial charge in [0.15, 0.2) is 0 Å². The fourth-order valence-electron chi connectivity index (χ4n) is 21.7. The molecule has 16 unspecified atom stereocenters. The number of likely N-dealkylation sites (tertiary alicyclic amines) is 8. The van der Waals surface area contributed by atoms with Crippen LogP contribution < -0.4 is 0 Å². The van der Waals surface area contributed by atoms with Gasteiger partial charge < -0.3 is 0 Å². The molecule has 11 fully saturated rings. The van der Waals surface area contributed by atoms with E-state index in [1.165, 1.54) is 39.2 Å². The summed E-state index contributed by atoms with van der Waals surface area (Å²) < 4.78 is 0. The van der Waals surface area contributed by atoms with Crippen LogP contribution in [0.3, 0.4) is 0 Å². The van der Waals surface area contributed by atoms with Gasteiger partial charge in [-0.15, -0.1) is 0 Å². The molecule has 12 aliphatic rings. The summed E-state index contributed by atoms with van der Waals surface area (Å²) in [4.78, 5) is 222. The number of nitrogens with zero attached hydrogens (tertiary/aromatic N) is 8. The molecule has 838 valence electrons. The Morgan fingerprint density at radius 1 is 0.188 bits per heavy atom. The van der Waals surface area contributed by atoms with Gasteiger partial charge in [-0.05, 0) is 198 Å². The number of thioether (sulfide) groups is 16. The standard InChI is InChI=1S/C30H42N2O4S6.2C24H38N2O4S6.C23H36N2O4S6/c33-26-20-24(28(34)31(26)7-3-11-39-15-17-41-13-9-37)23-19-25-27(22-6-2-1-5-21(22)23)30(36)32(29(25)35)8-4-12-40-16-18-42-14-10-38;27-20-16-17-18-15-19(21(17)24(30)25(20)3-1-7-33-11-13-35-9-5-31)23(29)26(22(18)28)4-2-8-34-12-14-36-10-6-32;27-21-17-15-19-20(24(30)26(23(19)29)4-2-8-34-12-14-36-10-6-32)16-18(17)22(28)25(21)3-1-7-33-11-13-35-9-5-31;26-20-16-15-17-19(18(16)22(28)24(20)3-1-7-32-11-13-34-9-5-30)23(29)25(21(17)27)4-2-8-33-12-14-35-10-6-31/h1-2,5-6,23-25,27,37-38H,3-4,7-20H2;17-19,21,31-32H,1-16H2;17-20,31-32H,1-16H2;16-19,30-31H,1-15H2. The van der Waals surface area contributed by atoms with E-state index in [4.69, 9.17) is 0 Å². The van der Waals surface area contributed by atoms with Crippen LogP contribution in [0.5, 0.6) is 0 Å². The van der Waals surface area contributed by atoms with Crippen molar-refractivity contribution in [3.05, 3.63) is 35.4 Å². The summed E-state index contributed by atoms with van der Waals surface area (Å²) in [6, 6.07) is 7.77. The monoisotopic (exact) mass is 2500 g/mol. The van der Waals surface area contributed by atoms with Crippen LogP contribution in [0.2, 0.25) is 0 Å². The molecule has 1 aromatic carbocycles. The van der Waals surface area contributed by atoms with E-state index in [9.17, 15) is 76.7 Å². The zero-order valence-electron chi connectivity index (χ0n) is 85.3. The molecule has 8 saturated heterocycles. The molecule has 2 bridgehead atoms. The summed E-state index contributed by atoms with van der Waals surface area (Å²) in [6.07, 6.45) is 8.43. The van der Waals surface area contributed by atoms with Crippen molar-refractivity contribution in [3.8, 4) is 0 Å². The predicted molar refractivity (Wildman–Crippen MR) is 672 cm³/mol. The summed E-state index contributed by atoms with van der Waals surface area (Å²) in [6.45, 7) is 3.41. The van der Waals surface area contributed by atoms with E-state index in [2.05, 4.69) is 101 Å². The van der Waals surface area contributed by atoms with Crippen molar-refractivity contribution in [2.24, 2.45) is 82.9 Å². The highest BCUT2D eigenvalue weighted by Gasteiger charge is 2.67. The molecule has 1 aromatic rings. The molecule has 13 rings (SSSR count). The number of piperidine rings is 2. The van der Waals surface area contributed by atoms with Crippen molar-refractivity contribution < 1.29 is 76.7 Å². The molecule has 3 saturated carbocycles. The second kappa shape index (κ2) is 73.8. The maximum atomic E-state index is 13.6. The zero-order chi connectivity index (χ0) is 107. The SMILES string of the molecule is O=C1C2CC3C(=O)N(CCCSCCSCCS)C(=O)C3C2C(=O)N1CCCSCCSCCS.O=C1C2CC3C(=O)N(CCCSCCSCCS)C(=O)C3CC2C(=O)N1CCCSCCSCCS.O=C1CC(C2CC3C(=O)N(CCCSCCSCCS)C(=O)C3c3ccccc32)C(=O)N1CCCSCCSCCS.O=C1CC2C3CC(C(=O)N(CCCSCCSCCS)C3=O)C2C(=O)N1CCCSCCSCCS. The molecule has 0 aromatic heterocycles. The van der Waals surface area contributed by atoms with E-state index in [0.717, 1.165) is 293 Å². The van der Waals surface area contributed by atoms with Crippen molar-refractivity contribution in [1.82, 2.24) is 39.2 Å². The third-order valence-electron chi connectivity index (χ3n) is 28.4. The smallest absolute Gasteiger partial charge is 0.237 e. The quantitative estimate of drug-likeness (QED) is 0.0171. The van der Waals surface area contributed by atoms with Crippen LogP contribution in [0.15, 0.2) is 24.3 Å². The van der Waals surface area contributed by atoms with Crippen molar-refractivity contribution in [3.63, 3.8) is 0 Å². The first kappa shape index (κ1) is 131. The van der Waals surface area contributed by atoms with E-state index in [0.29, 0.717) is 84.5 Å². The second-order valence-corrected chi connectivity index (χ2v) is 60.9. The molecule has 0 radical (unpaired) electrons. The molecule has 8 aliphatic heterocycles. The minimum Gasteiger partial charge on any atom is -0.282 e. The van der Waals surface area contributed by atoms with Crippen molar-refractivity contribution in [1.29, 1.82) is 0 Å². The van der Waals surface area contributed by atoms with Gasteiger partial charge >= 0.3 is 0 Å². The van der Waals surface area contributed by atoms with Gasteiger partial charge in [-0.3, -0.25) is 116 Å². The lowest BCUT2D eigenvalue weighted by atomic mass is 9.67. The largest absolute Gasteiger partial charge is 0.282 e. The molecule has 0 N–H and O–H groups in total. The summed E-state index contributed by atoms with van der Waals surface area (Å²) in [7, 11) is 0. The van der Waals surface area contributed by atoms with Gasteiger partial charge in [0, 0.05) is 209 Å². The average Bonchev–Trinajstić information content (AvgIpc) is 1.54. The Labute approximate surface area is 997 Å². The normalized spacial score (nSPS) is 25.2. The number of hydrogen-bond acceptors (Lipinski definition) is 40. The lowest BCUT2D eigenvalue weighted by Crippen LogP contribution is -2.51. The Morgan fingerprint density at radius 2 is 0.389 bits per heavy atom. The lowest BCUT2D eigenvalue weighted by molar-refractivity contribution is -0.158. The van der Waals surface area contributed by atoms with E-state index >= 15 is 0 Å². The van der Waals surface area contributed by atoms with Crippen LogP contribution in [0.4, 0.5) is 0 Å². The lowest BCUT2D eigenvalue weighted by Gasteiger charge is -2.34. The summed E-state index contributed by atoms with van der Waals surface area (Å²) >= 11 is 63.6. The number of amides is 16. The van der Waals surface area contributed by atoms with Gasteiger partial charge in [-0.1, -0.05) is 24.3 Å². The van der Waals surface area contributed by atoms with E-state index in [1.54, 1.807) is 0 Å². The Morgan fingerprint density at radius 3 is 0.691 bits per heavy atom. The van der Waals surface area contributed by atoms with E-state index in [1.807, 2.05) is 212 Å². The number of rotatable bonds is 73. The van der Waals surface area contributed by atoms with Crippen molar-refractivity contribution in [2.45, 2.75) is 108 Å². The molecule has 149 heavy (non-hydrogen) atoms. The second-order valence-electron chi connectivity index (χ2n) is 37.8. The summed E-state index contributed by atoms with van der Waals surface area (Å²) in [5.74, 6) is 30.0. The number of hydrogen-bond donors (Lipinski definition) is 8. The topological polar surface area (TPSA) is 299 Å². The first-order valence-corrected chi connectivity index (χ1v) is 76.1. The molecular formula is C101H154N8O16S24. The van der Waals surface area contributed by atoms with Crippen molar-refractivity contribution >= 4 is 384 Å². The Bertz CT molecular complexity index is 4300. The highest BCUT2D eigenvalue weighted by Crippen LogP contribution is 2.56. The number of carbonyl (C=O) groups excluding carboxylic acids is 16. The number of fused-ring (bicyclic) bond motifs is 13.